The number of ether oxygens (including phenoxy) is 2. The zero-order chi connectivity index (χ0) is 36.6. The Labute approximate surface area is 314 Å². The lowest BCUT2D eigenvalue weighted by molar-refractivity contribution is -0.154. The van der Waals surface area contributed by atoms with Gasteiger partial charge in [-0.2, -0.15) is 0 Å². The molecule has 1 saturated heterocycles. The average molecular weight is 706 g/mol. The smallest absolute Gasteiger partial charge is 0.311 e. The molecule has 0 aliphatic carbocycles. The van der Waals surface area contributed by atoms with E-state index in [9.17, 15) is 4.79 Å². The van der Waals surface area contributed by atoms with Crippen molar-refractivity contribution in [1.82, 2.24) is 4.90 Å². The van der Waals surface area contributed by atoms with Gasteiger partial charge >= 0.3 is 5.97 Å². The number of rotatable bonds is 35. The molecule has 0 bridgehead atoms. The third-order valence-electron chi connectivity index (χ3n) is 11.6. The number of nitrogens with zero attached hydrogens (tertiary/aromatic N) is 1. The van der Waals surface area contributed by atoms with Crippen molar-refractivity contribution in [3.8, 4) is 0 Å². The second kappa shape index (κ2) is 31.9. The lowest BCUT2D eigenvalue weighted by Gasteiger charge is -2.25. The van der Waals surface area contributed by atoms with Crippen LogP contribution in [-0.2, 0) is 14.3 Å². The van der Waals surface area contributed by atoms with Gasteiger partial charge in [0.1, 0.15) is 0 Å². The molecule has 1 aliphatic rings. The van der Waals surface area contributed by atoms with Gasteiger partial charge in [-0.15, -0.1) is 0 Å². The van der Waals surface area contributed by atoms with E-state index < -0.39 is 0 Å². The summed E-state index contributed by atoms with van der Waals surface area (Å²) in [6.45, 7) is 19.1. The van der Waals surface area contributed by atoms with E-state index in [1.807, 2.05) is 0 Å². The molecule has 1 heterocycles. The van der Waals surface area contributed by atoms with Crippen LogP contribution in [0.2, 0.25) is 0 Å². The highest BCUT2D eigenvalue weighted by Crippen LogP contribution is 2.31. The summed E-state index contributed by atoms with van der Waals surface area (Å²) in [7, 11) is 0. The van der Waals surface area contributed by atoms with E-state index in [2.05, 4.69) is 46.4 Å². The zero-order valence-electron chi connectivity index (χ0n) is 35.2. The molecule has 0 aromatic heterocycles. The molecule has 0 aromatic rings. The van der Waals surface area contributed by atoms with Crippen LogP contribution in [0.25, 0.3) is 0 Å². The molecule has 0 aromatic carbocycles. The lowest BCUT2D eigenvalue weighted by atomic mass is 9.81. The van der Waals surface area contributed by atoms with Gasteiger partial charge < -0.3 is 14.4 Å². The summed E-state index contributed by atoms with van der Waals surface area (Å²) in [5.41, 5.74) is 0.105. The van der Waals surface area contributed by atoms with Crippen LogP contribution >= 0.6 is 0 Å². The number of likely N-dealkylation sites (tertiary alicyclic amines) is 1. The van der Waals surface area contributed by atoms with E-state index >= 15 is 0 Å². The minimum absolute atomic E-state index is 0.00421. The molecule has 1 atom stereocenters. The summed E-state index contributed by atoms with van der Waals surface area (Å²) in [5, 5.41) is 0. The Kier molecular flexibility index (Phi) is 30.2. The molecule has 0 amide bonds. The second-order valence-corrected chi connectivity index (χ2v) is 17.8. The van der Waals surface area contributed by atoms with Crippen LogP contribution in [0, 0.1) is 10.8 Å². The molecule has 4 heteroatoms. The molecule has 50 heavy (non-hydrogen) atoms. The third-order valence-corrected chi connectivity index (χ3v) is 11.6. The van der Waals surface area contributed by atoms with Crippen molar-refractivity contribution in [3.63, 3.8) is 0 Å². The van der Waals surface area contributed by atoms with Crippen LogP contribution in [0.4, 0.5) is 0 Å². The highest BCUT2D eigenvalue weighted by atomic mass is 16.5. The molecule has 298 valence electrons. The standard InChI is InChI=1S/C46H91NO3/c1-7-9-11-13-15-17-25-35-45(3,4)36-26-21-23-33-43(49-41-32-30-40-47-38-28-18-19-29-39-47)34-24-22-27-37-46(5,6)44(48)50-42-31-20-16-14-12-10-8-2/h43H,7-42H2,1-6H3. The van der Waals surface area contributed by atoms with Crippen LogP contribution in [0.1, 0.15) is 241 Å². The molecular weight excluding hydrogens is 615 g/mol. The van der Waals surface area contributed by atoms with Crippen LogP contribution in [0.15, 0.2) is 0 Å². The summed E-state index contributed by atoms with van der Waals surface area (Å²) in [4.78, 5) is 15.5. The van der Waals surface area contributed by atoms with E-state index in [1.165, 1.54) is 199 Å². The van der Waals surface area contributed by atoms with E-state index in [4.69, 9.17) is 9.47 Å². The molecule has 1 fully saturated rings. The second-order valence-electron chi connectivity index (χ2n) is 17.8. The Balaban J connectivity index is 2.34. The topological polar surface area (TPSA) is 38.8 Å². The average Bonchev–Trinajstić information content (AvgIpc) is 3.37. The van der Waals surface area contributed by atoms with Gasteiger partial charge in [-0.3, -0.25) is 4.79 Å². The summed E-state index contributed by atoms with van der Waals surface area (Å²) < 4.78 is 12.3. The molecule has 0 spiro atoms. The van der Waals surface area contributed by atoms with Crippen LogP contribution < -0.4 is 0 Å². The van der Waals surface area contributed by atoms with Gasteiger partial charge in [0.15, 0.2) is 0 Å². The van der Waals surface area contributed by atoms with Crippen molar-refractivity contribution < 1.29 is 14.3 Å². The zero-order valence-corrected chi connectivity index (χ0v) is 35.2. The molecule has 4 nitrogen and oxygen atoms in total. The van der Waals surface area contributed by atoms with Gasteiger partial charge in [0.2, 0.25) is 0 Å². The predicted molar refractivity (Wildman–Crippen MR) is 219 cm³/mol. The number of carbonyl (C=O) groups is 1. The number of carbonyl (C=O) groups excluding carboxylic acids is 1. The predicted octanol–water partition coefficient (Wildman–Crippen LogP) is 14.4. The summed E-state index contributed by atoms with van der Waals surface area (Å²) in [6, 6.07) is 0. The highest BCUT2D eigenvalue weighted by molar-refractivity contribution is 5.75. The van der Waals surface area contributed by atoms with Crippen molar-refractivity contribution in [1.29, 1.82) is 0 Å². The lowest BCUT2D eigenvalue weighted by Crippen LogP contribution is -2.27. The van der Waals surface area contributed by atoms with Gasteiger partial charge in [0.05, 0.1) is 18.1 Å². The Morgan fingerprint density at radius 2 is 1.00 bits per heavy atom. The molecule has 0 radical (unpaired) electrons. The molecule has 1 aliphatic heterocycles. The maximum absolute atomic E-state index is 12.8. The molecule has 0 saturated carbocycles. The van der Waals surface area contributed by atoms with Crippen molar-refractivity contribution in [2.24, 2.45) is 10.8 Å². The molecule has 1 rings (SSSR count). The van der Waals surface area contributed by atoms with E-state index in [-0.39, 0.29) is 11.4 Å². The minimum Gasteiger partial charge on any atom is -0.465 e. The van der Waals surface area contributed by atoms with Gasteiger partial charge in [-0.25, -0.2) is 0 Å². The number of unbranched alkanes of at least 4 members (excludes halogenated alkanes) is 17. The molecular formula is C46H91NO3. The van der Waals surface area contributed by atoms with Gasteiger partial charge in [-0.1, -0.05) is 163 Å². The van der Waals surface area contributed by atoms with Gasteiger partial charge in [0, 0.05) is 6.61 Å². The first-order valence-corrected chi connectivity index (χ1v) is 22.7. The Bertz CT molecular complexity index is 742. The van der Waals surface area contributed by atoms with Crippen molar-refractivity contribution >= 4 is 5.97 Å². The van der Waals surface area contributed by atoms with E-state index in [0.29, 0.717) is 18.1 Å². The van der Waals surface area contributed by atoms with E-state index in [1.54, 1.807) is 0 Å². The van der Waals surface area contributed by atoms with Crippen LogP contribution in [0.3, 0.4) is 0 Å². The molecule has 1 unspecified atom stereocenters. The van der Waals surface area contributed by atoms with Gasteiger partial charge in [0.25, 0.3) is 0 Å². The Morgan fingerprint density at radius 3 is 1.56 bits per heavy atom. The molecule has 0 N–H and O–H groups in total. The van der Waals surface area contributed by atoms with Crippen LogP contribution in [0.5, 0.6) is 0 Å². The highest BCUT2D eigenvalue weighted by Gasteiger charge is 2.28. The van der Waals surface area contributed by atoms with Crippen molar-refractivity contribution in [2.45, 2.75) is 247 Å². The fourth-order valence-corrected chi connectivity index (χ4v) is 7.83. The van der Waals surface area contributed by atoms with Crippen LogP contribution in [-0.4, -0.2) is 49.8 Å². The first-order valence-electron chi connectivity index (χ1n) is 22.7. The monoisotopic (exact) mass is 706 g/mol. The van der Waals surface area contributed by atoms with Crippen molar-refractivity contribution in [3.05, 3.63) is 0 Å². The summed E-state index contributed by atoms with van der Waals surface area (Å²) in [6.07, 6.45) is 40.6. The largest absolute Gasteiger partial charge is 0.465 e. The van der Waals surface area contributed by atoms with Gasteiger partial charge in [-0.05, 0) is 103 Å². The summed E-state index contributed by atoms with van der Waals surface area (Å²) in [5.74, 6) is -0.00421. The number of hydrogen-bond donors (Lipinski definition) is 0. The van der Waals surface area contributed by atoms with E-state index in [0.717, 1.165) is 25.9 Å². The maximum Gasteiger partial charge on any atom is 0.311 e. The van der Waals surface area contributed by atoms with Crippen molar-refractivity contribution in [2.75, 3.05) is 32.8 Å². The Morgan fingerprint density at radius 1 is 0.540 bits per heavy atom. The Hall–Kier alpha value is -0.610. The first kappa shape index (κ1) is 47.4. The summed E-state index contributed by atoms with van der Waals surface area (Å²) >= 11 is 0. The maximum atomic E-state index is 12.8. The number of hydrogen-bond acceptors (Lipinski definition) is 4. The SMILES string of the molecule is CCCCCCCCCOC(=O)C(C)(C)CCCCCC(CCCCCC(C)(C)CCCCCCCCC)OCCCCN1CCCCCC1. The normalized spacial score (nSPS) is 15.3. The quantitative estimate of drug-likeness (QED) is 0.0486. The fourth-order valence-electron chi connectivity index (χ4n) is 7.83. The number of esters is 1. The first-order chi connectivity index (χ1) is 24.2. The fraction of sp³-hybridized carbons (Fsp3) is 0.978. The third kappa shape index (κ3) is 28.0. The minimum atomic E-state index is -0.382.